The van der Waals surface area contributed by atoms with E-state index in [1.807, 2.05) is 65.1 Å². The molecule has 0 saturated carbocycles. The smallest absolute Gasteiger partial charge is 0.337 e. The van der Waals surface area contributed by atoms with E-state index in [1.165, 1.54) is 6.07 Å². The quantitative estimate of drug-likeness (QED) is 0.314. The van der Waals surface area contributed by atoms with Crippen molar-refractivity contribution in [3.8, 4) is 5.75 Å². The van der Waals surface area contributed by atoms with E-state index in [-0.39, 0.29) is 16.8 Å². The van der Waals surface area contributed by atoms with E-state index in [0.717, 1.165) is 9.99 Å². The number of carboxylic acid groups (broad SMARTS) is 1. The monoisotopic (exact) mass is 624 g/mol. The van der Waals surface area contributed by atoms with Gasteiger partial charge in [-0.15, -0.1) is 0 Å². The van der Waals surface area contributed by atoms with Gasteiger partial charge in [-0.1, -0.05) is 13.0 Å². The van der Waals surface area contributed by atoms with Crippen molar-refractivity contribution in [3.05, 3.63) is 54.7 Å². The fraction of sp³-hybridized carbons (Fsp3) is 0.211. The molecule has 0 heterocycles. The molecule has 0 aromatic heterocycles. The zero-order valence-electron chi connectivity index (χ0n) is 15.1. The number of hydrogen-bond acceptors (Lipinski definition) is 4. The van der Waals surface area contributed by atoms with Crippen LogP contribution in [0.1, 0.15) is 41.0 Å². The van der Waals surface area contributed by atoms with Crippen LogP contribution in [0.25, 0.3) is 0 Å². The number of benzene rings is 2. The Bertz CT molecular complexity index is 921. The van der Waals surface area contributed by atoms with Crippen LogP contribution in [0, 0.1) is 7.14 Å². The molecular weight excluding hydrogens is 606 g/mol. The third kappa shape index (κ3) is 6.27. The summed E-state index contributed by atoms with van der Waals surface area (Å²) in [6.07, 6.45) is 0.892. The van der Waals surface area contributed by atoms with Crippen molar-refractivity contribution in [2.24, 2.45) is 0 Å². The van der Waals surface area contributed by atoms with Crippen LogP contribution in [0.5, 0.6) is 5.75 Å². The van der Waals surface area contributed by atoms with Crippen molar-refractivity contribution >= 4 is 80.1 Å². The van der Waals surface area contributed by atoms with Gasteiger partial charge in [-0.05, 0) is 101 Å². The number of rotatable bonds is 6. The molecule has 0 fully saturated rings. The molecule has 0 unspecified atom stereocenters. The summed E-state index contributed by atoms with van der Waals surface area (Å²) in [5, 5.41) is 14.8. The number of amides is 1. The van der Waals surface area contributed by atoms with E-state index in [0.29, 0.717) is 20.6 Å². The maximum atomic E-state index is 12.5. The fourth-order valence-corrected chi connectivity index (χ4v) is 4.39. The zero-order valence-corrected chi connectivity index (χ0v) is 20.2. The molecule has 6 nitrogen and oxygen atoms in total. The van der Waals surface area contributed by atoms with Crippen LogP contribution >= 0.6 is 57.4 Å². The lowest BCUT2D eigenvalue weighted by Gasteiger charge is -2.15. The summed E-state index contributed by atoms with van der Waals surface area (Å²) < 4.78 is 7.20. The molecule has 0 aliphatic heterocycles. The van der Waals surface area contributed by atoms with Crippen molar-refractivity contribution in [1.29, 1.82) is 0 Å². The number of ether oxygens (including phenoxy) is 1. The second-order valence-corrected chi connectivity index (χ2v) is 8.70. The molecule has 0 aliphatic rings. The average molecular weight is 624 g/mol. The maximum Gasteiger partial charge on any atom is 0.337 e. The molecule has 0 aliphatic carbocycles. The first-order valence-electron chi connectivity index (χ1n) is 8.32. The Labute approximate surface area is 195 Å². The summed E-state index contributed by atoms with van der Waals surface area (Å²) in [5.74, 6) is -0.895. The second kappa shape index (κ2) is 10.3. The van der Waals surface area contributed by atoms with Crippen LogP contribution < -0.4 is 15.4 Å². The number of hydrogen-bond donors (Lipinski definition) is 3. The predicted octanol–water partition coefficient (Wildman–Crippen LogP) is 4.90. The molecule has 0 spiro atoms. The van der Waals surface area contributed by atoms with Gasteiger partial charge in [0, 0.05) is 12.7 Å². The van der Waals surface area contributed by atoms with Crippen LogP contribution in [0.2, 0.25) is 0 Å². The zero-order chi connectivity index (χ0) is 20.8. The van der Waals surface area contributed by atoms with Gasteiger partial charge >= 0.3 is 5.97 Å². The molecule has 2 aromatic carbocycles. The molecule has 0 saturated heterocycles. The van der Waals surface area contributed by atoms with Crippen LogP contribution in [0.4, 0.5) is 5.69 Å². The number of carbonyl (C=O) groups is 2. The fourth-order valence-electron chi connectivity index (χ4n) is 2.22. The SMILES string of the molecule is CC[C@H](C)Oc1cccc(C(=O)NC(=S)Nc2c(I)cc(I)cc2C(=O)O)c1. The molecule has 9 heteroatoms. The number of anilines is 1. The van der Waals surface area contributed by atoms with Crippen molar-refractivity contribution in [2.45, 2.75) is 26.4 Å². The van der Waals surface area contributed by atoms with Gasteiger partial charge in [0.1, 0.15) is 5.75 Å². The number of aromatic carboxylic acids is 1. The van der Waals surface area contributed by atoms with Gasteiger partial charge in [-0.25, -0.2) is 4.79 Å². The molecule has 0 radical (unpaired) electrons. The van der Waals surface area contributed by atoms with Gasteiger partial charge in [0.25, 0.3) is 5.91 Å². The van der Waals surface area contributed by atoms with Crippen LogP contribution in [0.15, 0.2) is 36.4 Å². The molecule has 2 aromatic rings. The lowest BCUT2D eigenvalue weighted by Crippen LogP contribution is -2.34. The van der Waals surface area contributed by atoms with Crippen LogP contribution in [0.3, 0.4) is 0 Å². The summed E-state index contributed by atoms with van der Waals surface area (Å²) in [6.45, 7) is 3.97. The number of halogens is 2. The molecule has 2 rings (SSSR count). The van der Waals surface area contributed by atoms with E-state index >= 15 is 0 Å². The molecule has 1 amide bonds. The third-order valence-corrected chi connectivity index (χ3v) is 5.44. The molecule has 148 valence electrons. The topological polar surface area (TPSA) is 87.7 Å². The number of carbonyl (C=O) groups excluding carboxylic acids is 1. The Kier molecular flexibility index (Phi) is 8.43. The van der Waals surface area contributed by atoms with Gasteiger partial charge in [0.15, 0.2) is 5.11 Å². The Morgan fingerprint density at radius 2 is 1.96 bits per heavy atom. The summed E-state index contributed by atoms with van der Waals surface area (Å²) in [5.41, 5.74) is 0.810. The molecule has 0 bridgehead atoms. The summed E-state index contributed by atoms with van der Waals surface area (Å²) in [7, 11) is 0. The number of thiocarbonyl (C=S) groups is 1. The first-order chi connectivity index (χ1) is 13.2. The van der Waals surface area contributed by atoms with Gasteiger partial charge in [0.2, 0.25) is 0 Å². The van der Waals surface area contributed by atoms with Crippen molar-refractivity contribution in [3.63, 3.8) is 0 Å². The molecule has 3 N–H and O–H groups in total. The molecular formula is C19H18I2N2O4S. The molecule has 28 heavy (non-hydrogen) atoms. The standard InChI is InChI=1S/C19H18I2N2O4S/c1-3-10(2)27-13-6-4-5-11(7-13)17(24)23-19(28)22-16-14(18(25)26)8-12(20)9-15(16)21/h4-10H,3H2,1-2H3,(H,25,26)(H2,22,23,24,28)/t10-/m0/s1. The summed E-state index contributed by atoms with van der Waals surface area (Å²) in [4.78, 5) is 24.0. The van der Waals surface area contributed by atoms with Gasteiger partial charge in [-0.3, -0.25) is 10.1 Å². The highest BCUT2D eigenvalue weighted by Crippen LogP contribution is 2.26. The molecule has 1 atom stereocenters. The third-order valence-electron chi connectivity index (χ3n) is 3.76. The Morgan fingerprint density at radius 3 is 2.61 bits per heavy atom. The van der Waals surface area contributed by atoms with Gasteiger partial charge in [-0.2, -0.15) is 0 Å². The minimum atomic E-state index is -1.08. The van der Waals surface area contributed by atoms with E-state index in [9.17, 15) is 14.7 Å². The number of nitrogens with one attached hydrogen (secondary N) is 2. The highest BCUT2D eigenvalue weighted by Gasteiger charge is 2.17. The van der Waals surface area contributed by atoms with Crippen molar-refractivity contribution in [2.75, 3.05) is 5.32 Å². The van der Waals surface area contributed by atoms with Gasteiger partial charge in [0.05, 0.1) is 17.4 Å². The predicted molar refractivity (Wildman–Crippen MR) is 129 cm³/mol. The largest absolute Gasteiger partial charge is 0.491 e. The van der Waals surface area contributed by atoms with Gasteiger partial charge < -0.3 is 15.2 Å². The van der Waals surface area contributed by atoms with E-state index in [1.54, 1.807) is 24.3 Å². The highest BCUT2D eigenvalue weighted by atomic mass is 127. The van der Waals surface area contributed by atoms with E-state index in [2.05, 4.69) is 10.6 Å². The Balaban J connectivity index is 2.13. The minimum absolute atomic E-state index is 0.0138. The first-order valence-corrected chi connectivity index (χ1v) is 10.9. The Morgan fingerprint density at radius 1 is 1.25 bits per heavy atom. The lowest BCUT2D eigenvalue weighted by molar-refractivity contribution is 0.0697. The maximum absolute atomic E-state index is 12.5. The summed E-state index contributed by atoms with van der Waals surface area (Å²) in [6, 6.07) is 10.2. The lowest BCUT2D eigenvalue weighted by atomic mass is 10.2. The summed E-state index contributed by atoms with van der Waals surface area (Å²) >= 11 is 9.27. The van der Waals surface area contributed by atoms with E-state index in [4.69, 9.17) is 17.0 Å². The average Bonchev–Trinajstić information content (AvgIpc) is 2.63. The highest BCUT2D eigenvalue weighted by molar-refractivity contribution is 14.1. The normalized spacial score (nSPS) is 11.4. The Hall–Kier alpha value is -1.47. The van der Waals surface area contributed by atoms with Crippen LogP contribution in [-0.2, 0) is 0 Å². The minimum Gasteiger partial charge on any atom is -0.491 e. The van der Waals surface area contributed by atoms with Crippen molar-refractivity contribution in [1.82, 2.24) is 5.32 Å². The van der Waals surface area contributed by atoms with Crippen LogP contribution in [-0.4, -0.2) is 28.2 Å². The number of carboxylic acids is 1. The second-order valence-electron chi connectivity index (χ2n) is 5.89. The first kappa shape index (κ1) is 22.8. The van der Waals surface area contributed by atoms with E-state index < -0.39 is 11.9 Å². The van der Waals surface area contributed by atoms with Crippen molar-refractivity contribution < 1.29 is 19.4 Å².